The van der Waals surface area contributed by atoms with E-state index >= 15 is 0 Å². The normalized spacial score (nSPS) is 17.9. The molecule has 25 heavy (non-hydrogen) atoms. The Morgan fingerprint density at radius 2 is 2.28 bits per heavy atom. The number of amides is 2. The van der Waals surface area contributed by atoms with Gasteiger partial charge in [0, 0.05) is 38.2 Å². The van der Waals surface area contributed by atoms with E-state index in [4.69, 9.17) is 0 Å². The predicted molar refractivity (Wildman–Crippen MR) is 96.1 cm³/mol. The van der Waals surface area contributed by atoms with E-state index < -0.39 is 0 Å². The molecule has 1 saturated heterocycles. The van der Waals surface area contributed by atoms with Crippen molar-refractivity contribution in [1.29, 1.82) is 0 Å². The first-order chi connectivity index (χ1) is 12.0. The number of rotatable bonds is 5. The van der Waals surface area contributed by atoms with Crippen LogP contribution >= 0.6 is 0 Å². The Kier molecular flexibility index (Phi) is 5.40. The molecule has 0 radical (unpaired) electrons. The van der Waals surface area contributed by atoms with Crippen LogP contribution in [0, 0.1) is 12.8 Å². The molecule has 1 aliphatic rings. The molecule has 0 spiro atoms. The minimum Gasteiger partial charge on any atom is -0.333 e. The number of carbonyl (C=O) groups is 1. The lowest BCUT2D eigenvalue weighted by Gasteiger charge is -2.32. The molecule has 0 aromatic carbocycles. The third-order valence-corrected chi connectivity index (χ3v) is 4.55. The Morgan fingerprint density at radius 1 is 1.44 bits per heavy atom. The molecule has 1 atom stereocenters. The first-order valence-corrected chi connectivity index (χ1v) is 9.06. The van der Waals surface area contributed by atoms with Gasteiger partial charge in [-0.2, -0.15) is 5.10 Å². The SMILES string of the molecule is Cc1cnn([C@H]2CCCN(C(=O)NCc3nccn3CC(C)C)C2)c1. The Morgan fingerprint density at radius 3 is 3.00 bits per heavy atom. The molecule has 3 heterocycles. The quantitative estimate of drug-likeness (QED) is 0.906. The third-order valence-electron chi connectivity index (χ3n) is 4.55. The number of aryl methyl sites for hydroxylation is 1. The molecular weight excluding hydrogens is 316 g/mol. The van der Waals surface area contributed by atoms with E-state index in [0.29, 0.717) is 19.0 Å². The van der Waals surface area contributed by atoms with Crippen molar-refractivity contribution in [2.75, 3.05) is 13.1 Å². The third kappa shape index (κ3) is 4.41. The fourth-order valence-electron chi connectivity index (χ4n) is 3.32. The minimum atomic E-state index is -0.0207. The number of urea groups is 1. The zero-order chi connectivity index (χ0) is 17.8. The number of nitrogens with zero attached hydrogens (tertiary/aromatic N) is 5. The van der Waals surface area contributed by atoms with Crippen LogP contribution in [0.15, 0.2) is 24.8 Å². The summed E-state index contributed by atoms with van der Waals surface area (Å²) in [7, 11) is 0. The summed E-state index contributed by atoms with van der Waals surface area (Å²) in [4.78, 5) is 18.8. The van der Waals surface area contributed by atoms with Crippen molar-refractivity contribution in [1.82, 2.24) is 29.5 Å². The number of aromatic nitrogens is 4. The molecule has 0 saturated carbocycles. The summed E-state index contributed by atoms with van der Waals surface area (Å²) in [5, 5.41) is 7.42. The van der Waals surface area contributed by atoms with Gasteiger partial charge in [0.1, 0.15) is 5.82 Å². The van der Waals surface area contributed by atoms with Crippen molar-refractivity contribution < 1.29 is 4.79 Å². The predicted octanol–water partition coefficient (Wildman–Crippen LogP) is 2.59. The van der Waals surface area contributed by atoms with E-state index in [1.807, 2.05) is 28.9 Å². The second-order valence-corrected chi connectivity index (χ2v) is 7.29. The molecule has 136 valence electrons. The maximum atomic E-state index is 12.6. The number of hydrogen-bond donors (Lipinski definition) is 1. The first-order valence-electron chi connectivity index (χ1n) is 9.06. The molecule has 0 aliphatic carbocycles. The summed E-state index contributed by atoms with van der Waals surface area (Å²) in [6, 6.07) is 0.240. The van der Waals surface area contributed by atoms with Crippen LogP contribution < -0.4 is 5.32 Å². The summed E-state index contributed by atoms with van der Waals surface area (Å²) in [6.45, 7) is 9.25. The van der Waals surface area contributed by atoms with Gasteiger partial charge in [-0.05, 0) is 31.2 Å². The fourth-order valence-corrected chi connectivity index (χ4v) is 3.32. The fraction of sp³-hybridized carbons (Fsp3) is 0.611. The van der Waals surface area contributed by atoms with E-state index in [1.54, 1.807) is 6.20 Å². The van der Waals surface area contributed by atoms with Gasteiger partial charge in [-0.15, -0.1) is 0 Å². The maximum Gasteiger partial charge on any atom is 0.317 e. The number of imidazole rings is 1. The molecule has 0 bridgehead atoms. The molecule has 1 aliphatic heterocycles. The largest absolute Gasteiger partial charge is 0.333 e. The van der Waals surface area contributed by atoms with Crippen LogP contribution in [0.5, 0.6) is 0 Å². The highest BCUT2D eigenvalue weighted by atomic mass is 16.2. The second kappa shape index (κ2) is 7.72. The molecule has 7 heteroatoms. The molecule has 2 aromatic rings. The second-order valence-electron chi connectivity index (χ2n) is 7.29. The lowest BCUT2D eigenvalue weighted by Crippen LogP contribution is -2.46. The van der Waals surface area contributed by atoms with E-state index in [-0.39, 0.29) is 12.1 Å². The number of carbonyl (C=O) groups excluding carboxylic acids is 1. The molecule has 3 rings (SSSR count). The van der Waals surface area contributed by atoms with Crippen LogP contribution in [0.25, 0.3) is 0 Å². The topological polar surface area (TPSA) is 68.0 Å². The molecule has 2 amide bonds. The van der Waals surface area contributed by atoms with Gasteiger partial charge in [0.2, 0.25) is 0 Å². The Balaban J connectivity index is 1.55. The Bertz CT molecular complexity index is 704. The van der Waals surface area contributed by atoms with Crippen LogP contribution in [-0.2, 0) is 13.1 Å². The monoisotopic (exact) mass is 344 g/mol. The number of nitrogens with one attached hydrogen (secondary N) is 1. The van der Waals surface area contributed by atoms with Gasteiger partial charge in [-0.25, -0.2) is 9.78 Å². The average molecular weight is 344 g/mol. The summed E-state index contributed by atoms with van der Waals surface area (Å²) in [6.07, 6.45) is 9.74. The lowest BCUT2D eigenvalue weighted by molar-refractivity contribution is 0.162. The highest BCUT2D eigenvalue weighted by Crippen LogP contribution is 2.21. The molecule has 0 unspecified atom stereocenters. The Labute approximate surface area is 149 Å². The summed E-state index contributed by atoms with van der Waals surface area (Å²) < 4.78 is 4.10. The van der Waals surface area contributed by atoms with Crippen LogP contribution in [0.1, 0.15) is 44.1 Å². The van der Waals surface area contributed by atoms with E-state index in [9.17, 15) is 4.79 Å². The molecule has 7 nitrogen and oxygen atoms in total. The maximum absolute atomic E-state index is 12.6. The number of hydrogen-bond acceptors (Lipinski definition) is 3. The zero-order valence-corrected chi connectivity index (χ0v) is 15.4. The van der Waals surface area contributed by atoms with Gasteiger partial charge in [0.25, 0.3) is 0 Å². The highest BCUT2D eigenvalue weighted by molar-refractivity contribution is 5.74. The average Bonchev–Trinajstić information content (AvgIpc) is 3.21. The van der Waals surface area contributed by atoms with Gasteiger partial charge >= 0.3 is 6.03 Å². The molecule has 1 fully saturated rings. The lowest BCUT2D eigenvalue weighted by atomic mass is 10.1. The summed E-state index contributed by atoms with van der Waals surface area (Å²) in [5.74, 6) is 1.45. The number of likely N-dealkylation sites (tertiary alicyclic amines) is 1. The van der Waals surface area contributed by atoms with Crippen LogP contribution in [0.3, 0.4) is 0 Å². The Hall–Kier alpha value is -2.31. The standard InChI is InChI=1S/C18H28N6O/c1-14(2)11-22-8-6-19-17(22)10-20-18(25)23-7-4-5-16(13-23)24-12-15(3)9-21-24/h6,8-9,12,14,16H,4-5,7,10-11,13H2,1-3H3,(H,20,25)/t16-/m0/s1. The van der Waals surface area contributed by atoms with Crippen molar-refractivity contribution in [2.45, 2.75) is 52.7 Å². The van der Waals surface area contributed by atoms with Crippen molar-refractivity contribution >= 4 is 6.03 Å². The van der Waals surface area contributed by atoms with Crippen LogP contribution in [-0.4, -0.2) is 43.4 Å². The van der Waals surface area contributed by atoms with Crippen molar-refractivity contribution in [3.05, 3.63) is 36.2 Å². The number of piperidine rings is 1. The minimum absolute atomic E-state index is 0.0207. The van der Waals surface area contributed by atoms with Gasteiger partial charge in [0.15, 0.2) is 0 Å². The van der Waals surface area contributed by atoms with Gasteiger partial charge in [-0.3, -0.25) is 4.68 Å². The van der Waals surface area contributed by atoms with E-state index in [1.165, 1.54) is 0 Å². The smallest absolute Gasteiger partial charge is 0.317 e. The van der Waals surface area contributed by atoms with Crippen molar-refractivity contribution in [3.8, 4) is 0 Å². The van der Waals surface area contributed by atoms with Crippen molar-refractivity contribution in [2.24, 2.45) is 5.92 Å². The van der Waals surface area contributed by atoms with E-state index in [2.05, 4.69) is 40.0 Å². The highest BCUT2D eigenvalue weighted by Gasteiger charge is 2.25. The van der Waals surface area contributed by atoms with Gasteiger partial charge < -0.3 is 14.8 Å². The van der Waals surface area contributed by atoms with Crippen LogP contribution in [0.2, 0.25) is 0 Å². The summed E-state index contributed by atoms with van der Waals surface area (Å²) in [5.41, 5.74) is 1.15. The van der Waals surface area contributed by atoms with Crippen LogP contribution in [0.4, 0.5) is 4.79 Å². The van der Waals surface area contributed by atoms with Gasteiger partial charge in [0.05, 0.1) is 18.8 Å². The zero-order valence-electron chi connectivity index (χ0n) is 15.4. The van der Waals surface area contributed by atoms with Gasteiger partial charge in [-0.1, -0.05) is 13.8 Å². The molecular formula is C18H28N6O. The molecule has 1 N–H and O–H groups in total. The molecule has 2 aromatic heterocycles. The van der Waals surface area contributed by atoms with Crippen molar-refractivity contribution in [3.63, 3.8) is 0 Å². The van der Waals surface area contributed by atoms with E-state index in [0.717, 1.165) is 37.3 Å². The first kappa shape index (κ1) is 17.5. The summed E-state index contributed by atoms with van der Waals surface area (Å²) >= 11 is 0.